The van der Waals surface area contributed by atoms with Gasteiger partial charge >= 0.3 is 6.61 Å². The maximum Gasteiger partial charge on any atom is 0.387 e. The fraction of sp³-hybridized carbons (Fsp3) is 0.381. The minimum atomic E-state index is -2.95. The SMILES string of the molecule is CCn1c(SCC(=O)N(C)Cc2ccc(OC(F)F)c(OC)c2)nnc1-c1ccoc1C. The van der Waals surface area contributed by atoms with E-state index in [0.717, 1.165) is 16.9 Å². The van der Waals surface area contributed by atoms with E-state index in [-0.39, 0.29) is 29.7 Å². The quantitative estimate of drug-likeness (QED) is 0.414. The Balaban J connectivity index is 1.63. The highest BCUT2D eigenvalue weighted by Crippen LogP contribution is 2.30. The lowest BCUT2D eigenvalue weighted by molar-refractivity contribution is -0.127. The van der Waals surface area contributed by atoms with Crippen LogP contribution in [0, 0.1) is 6.92 Å². The summed E-state index contributed by atoms with van der Waals surface area (Å²) in [5.74, 6) is 1.62. The Bertz CT molecular complexity index is 1070. The molecular formula is C21H24F2N4O4S. The Kier molecular flexibility index (Phi) is 7.73. The van der Waals surface area contributed by atoms with Gasteiger partial charge in [-0.3, -0.25) is 4.79 Å². The predicted octanol–water partition coefficient (Wildman–Crippen LogP) is 4.23. The summed E-state index contributed by atoms with van der Waals surface area (Å²) >= 11 is 1.30. The molecule has 0 radical (unpaired) electrons. The molecule has 0 saturated heterocycles. The zero-order valence-corrected chi connectivity index (χ0v) is 19.0. The Morgan fingerprint density at radius 3 is 2.69 bits per heavy atom. The molecule has 0 spiro atoms. The molecule has 0 aliphatic heterocycles. The van der Waals surface area contributed by atoms with Crippen molar-refractivity contribution in [3.8, 4) is 22.9 Å². The molecule has 0 atom stereocenters. The lowest BCUT2D eigenvalue weighted by atomic mass is 10.2. The first kappa shape index (κ1) is 23.6. The Hall–Kier alpha value is -3.08. The highest BCUT2D eigenvalue weighted by Gasteiger charge is 2.19. The Labute approximate surface area is 188 Å². The van der Waals surface area contributed by atoms with E-state index in [1.165, 1.54) is 24.9 Å². The van der Waals surface area contributed by atoms with Crippen LogP contribution in [0.4, 0.5) is 8.78 Å². The summed E-state index contributed by atoms with van der Waals surface area (Å²) in [4.78, 5) is 14.2. The smallest absolute Gasteiger partial charge is 0.387 e. The molecule has 11 heteroatoms. The van der Waals surface area contributed by atoms with Gasteiger partial charge in [0.25, 0.3) is 0 Å². The van der Waals surface area contributed by atoms with Crippen LogP contribution in [0.5, 0.6) is 11.5 Å². The van der Waals surface area contributed by atoms with Crippen LogP contribution in [0.1, 0.15) is 18.2 Å². The molecular weight excluding hydrogens is 442 g/mol. The molecule has 0 aliphatic rings. The number of thioether (sulfide) groups is 1. The molecule has 0 unspecified atom stereocenters. The number of carbonyl (C=O) groups is 1. The van der Waals surface area contributed by atoms with E-state index in [2.05, 4.69) is 14.9 Å². The Morgan fingerprint density at radius 1 is 1.28 bits per heavy atom. The molecule has 0 aliphatic carbocycles. The number of ether oxygens (including phenoxy) is 2. The van der Waals surface area contributed by atoms with Gasteiger partial charge < -0.3 is 23.4 Å². The highest BCUT2D eigenvalue weighted by atomic mass is 32.2. The molecule has 3 rings (SSSR count). The van der Waals surface area contributed by atoms with Crippen LogP contribution in [0.2, 0.25) is 0 Å². The third kappa shape index (κ3) is 5.39. The fourth-order valence-electron chi connectivity index (χ4n) is 3.10. The second-order valence-electron chi connectivity index (χ2n) is 6.84. The number of furan rings is 1. The summed E-state index contributed by atoms with van der Waals surface area (Å²) in [5, 5.41) is 9.12. The number of nitrogens with zero attached hydrogens (tertiary/aromatic N) is 4. The average Bonchev–Trinajstić information content (AvgIpc) is 3.37. The molecule has 1 amide bonds. The number of hydrogen-bond donors (Lipinski definition) is 0. The summed E-state index contributed by atoms with van der Waals surface area (Å²) in [6, 6.07) is 6.42. The Morgan fingerprint density at radius 2 is 2.06 bits per heavy atom. The largest absolute Gasteiger partial charge is 0.493 e. The molecule has 172 valence electrons. The van der Waals surface area contributed by atoms with Crippen LogP contribution in [0.25, 0.3) is 11.4 Å². The second-order valence-corrected chi connectivity index (χ2v) is 7.79. The van der Waals surface area contributed by atoms with Crippen molar-refractivity contribution in [3.63, 3.8) is 0 Å². The number of benzene rings is 1. The number of carbonyl (C=O) groups excluding carboxylic acids is 1. The van der Waals surface area contributed by atoms with Crippen LogP contribution in [0.15, 0.2) is 40.1 Å². The number of halogens is 2. The van der Waals surface area contributed by atoms with Crippen molar-refractivity contribution in [1.29, 1.82) is 0 Å². The van der Waals surface area contributed by atoms with Gasteiger partial charge in [-0.25, -0.2) is 0 Å². The lowest BCUT2D eigenvalue weighted by Gasteiger charge is -2.18. The summed E-state index contributed by atoms with van der Waals surface area (Å²) < 4.78 is 41.8. The number of rotatable bonds is 10. The molecule has 0 fully saturated rings. The third-order valence-corrected chi connectivity index (χ3v) is 5.70. The topological polar surface area (TPSA) is 82.6 Å². The van der Waals surface area contributed by atoms with Crippen LogP contribution in [-0.4, -0.2) is 52.1 Å². The van der Waals surface area contributed by atoms with Crippen LogP contribution in [-0.2, 0) is 17.9 Å². The van der Waals surface area contributed by atoms with E-state index in [1.54, 1.807) is 30.3 Å². The van der Waals surface area contributed by atoms with Crippen molar-refractivity contribution in [3.05, 3.63) is 41.9 Å². The van der Waals surface area contributed by atoms with Crippen molar-refractivity contribution in [1.82, 2.24) is 19.7 Å². The van der Waals surface area contributed by atoms with Gasteiger partial charge in [0.15, 0.2) is 22.5 Å². The van der Waals surface area contributed by atoms with E-state index >= 15 is 0 Å². The van der Waals surface area contributed by atoms with Gasteiger partial charge in [0.05, 0.1) is 24.7 Å². The lowest BCUT2D eigenvalue weighted by Crippen LogP contribution is -2.28. The molecule has 0 saturated carbocycles. The van der Waals surface area contributed by atoms with E-state index in [1.807, 2.05) is 24.5 Å². The molecule has 8 nitrogen and oxygen atoms in total. The first-order valence-corrected chi connectivity index (χ1v) is 10.8. The van der Waals surface area contributed by atoms with Crippen molar-refractivity contribution >= 4 is 17.7 Å². The summed E-state index contributed by atoms with van der Waals surface area (Å²) in [5.41, 5.74) is 1.58. The molecule has 32 heavy (non-hydrogen) atoms. The predicted molar refractivity (Wildman–Crippen MR) is 115 cm³/mol. The molecule has 3 aromatic rings. The van der Waals surface area contributed by atoms with Crippen molar-refractivity contribution in [2.45, 2.75) is 38.7 Å². The molecule has 1 aromatic carbocycles. The van der Waals surface area contributed by atoms with Crippen LogP contribution < -0.4 is 9.47 Å². The van der Waals surface area contributed by atoms with Crippen molar-refractivity contribution in [2.24, 2.45) is 0 Å². The van der Waals surface area contributed by atoms with E-state index < -0.39 is 6.61 Å². The maximum absolute atomic E-state index is 12.7. The minimum Gasteiger partial charge on any atom is -0.493 e. The molecule has 2 aromatic heterocycles. The van der Waals surface area contributed by atoms with E-state index in [4.69, 9.17) is 9.15 Å². The first-order valence-electron chi connectivity index (χ1n) is 9.80. The van der Waals surface area contributed by atoms with Crippen LogP contribution in [0.3, 0.4) is 0 Å². The van der Waals surface area contributed by atoms with E-state index in [0.29, 0.717) is 17.5 Å². The maximum atomic E-state index is 12.7. The number of aryl methyl sites for hydroxylation is 1. The summed E-state index contributed by atoms with van der Waals surface area (Å²) in [6.07, 6.45) is 1.60. The monoisotopic (exact) mass is 466 g/mol. The third-order valence-electron chi connectivity index (χ3n) is 4.75. The van der Waals surface area contributed by atoms with Gasteiger partial charge in [0, 0.05) is 20.1 Å². The average molecular weight is 467 g/mol. The van der Waals surface area contributed by atoms with Gasteiger partial charge in [-0.1, -0.05) is 17.8 Å². The molecule has 2 heterocycles. The fourth-order valence-corrected chi connectivity index (χ4v) is 4.04. The first-order chi connectivity index (χ1) is 15.3. The van der Waals surface area contributed by atoms with Gasteiger partial charge in [-0.05, 0) is 37.6 Å². The van der Waals surface area contributed by atoms with Gasteiger partial charge in [-0.15, -0.1) is 10.2 Å². The molecule has 0 bridgehead atoms. The van der Waals surface area contributed by atoms with Gasteiger partial charge in [-0.2, -0.15) is 8.78 Å². The normalized spacial score (nSPS) is 11.1. The summed E-state index contributed by atoms with van der Waals surface area (Å²) in [7, 11) is 3.04. The van der Waals surface area contributed by atoms with Gasteiger partial charge in [0.1, 0.15) is 5.76 Å². The zero-order chi connectivity index (χ0) is 23.3. The van der Waals surface area contributed by atoms with Crippen LogP contribution >= 0.6 is 11.8 Å². The van der Waals surface area contributed by atoms with Crippen molar-refractivity contribution < 1.29 is 27.5 Å². The number of amides is 1. The highest BCUT2D eigenvalue weighted by molar-refractivity contribution is 7.99. The molecule has 0 N–H and O–H groups in total. The number of hydrogen-bond acceptors (Lipinski definition) is 7. The number of alkyl halides is 2. The summed E-state index contributed by atoms with van der Waals surface area (Å²) in [6.45, 7) is 1.82. The zero-order valence-electron chi connectivity index (χ0n) is 18.2. The standard InChI is InChI=1S/C21H24F2N4O4S/c1-5-27-19(15-8-9-30-13(15)2)24-25-21(27)32-12-18(28)26(3)11-14-6-7-16(31-20(22)23)17(10-14)29-4/h6-10,20H,5,11-12H2,1-4H3. The number of aromatic nitrogens is 3. The van der Waals surface area contributed by atoms with Gasteiger partial charge in [0.2, 0.25) is 5.91 Å². The van der Waals surface area contributed by atoms with Crippen molar-refractivity contribution in [2.75, 3.05) is 19.9 Å². The second kappa shape index (κ2) is 10.5. The number of methoxy groups -OCH3 is 1. The van der Waals surface area contributed by atoms with E-state index in [9.17, 15) is 13.6 Å². The minimum absolute atomic E-state index is 0.0571.